The molecule has 2 heterocycles. The molecule has 1 aromatic carbocycles. The number of aryl methyl sites for hydroxylation is 2. The van der Waals surface area contributed by atoms with Gasteiger partial charge in [-0.2, -0.15) is 4.98 Å². The zero-order chi connectivity index (χ0) is 19.7. The molecule has 0 spiro atoms. The van der Waals surface area contributed by atoms with Gasteiger partial charge in [-0.25, -0.2) is 10.6 Å². The molecule has 0 aliphatic rings. The Morgan fingerprint density at radius 1 is 1.22 bits per heavy atom. The quantitative estimate of drug-likeness (QED) is 0.391. The zero-order valence-corrected chi connectivity index (χ0v) is 15.3. The summed E-state index contributed by atoms with van der Waals surface area (Å²) < 4.78 is 9.26. The van der Waals surface area contributed by atoms with E-state index < -0.39 is 17.4 Å². The summed E-state index contributed by atoms with van der Waals surface area (Å²) in [5, 5.41) is 10.4. The highest BCUT2D eigenvalue weighted by Crippen LogP contribution is 2.16. The van der Waals surface area contributed by atoms with Crippen molar-refractivity contribution in [2.24, 2.45) is 19.9 Å². The fourth-order valence-electron chi connectivity index (χ4n) is 2.82. The molecule has 4 N–H and O–H groups in total. The molecule has 0 radical (unpaired) electrons. The molecule has 144 valence electrons. The van der Waals surface area contributed by atoms with Crippen LogP contribution in [0.25, 0.3) is 11.2 Å². The molecular weight excluding hydrogens is 352 g/mol. The number of nitrogens with two attached hydrogens (primary N) is 1. The number of nitrogens with one attached hydrogen (secondary N) is 1. The Morgan fingerprint density at radius 3 is 2.52 bits per heavy atom. The highest BCUT2D eigenvalue weighted by molar-refractivity contribution is 5.74. The summed E-state index contributed by atoms with van der Waals surface area (Å²) in [5.74, 6) is 6.30. The first-order chi connectivity index (χ1) is 12.8. The fourth-order valence-corrected chi connectivity index (χ4v) is 2.82. The van der Waals surface area contributed by atoms with Crippen LogP contribution in [0.5, 0.6) is 5.75 Å². The molecule has 2 aromatic heterocycles. The van der Waals surface area contributed by atoms with E-state index in [1.807, 2.05) is 31.2 Å². The van der Waals surface area contributed by atoms with Gasteiger partial charge in [-0.15, -0.1) is 0 Å². The summed E-state index contributed by atoms with van der Waals surface area (Å²) in [6.07, 6.45) is -0.933. The minimum atomic E-state index is -0.933. The highest BCUT2D eigenvalue weighted by Gasteiger charge is 2.20. The lowest BCUT2D eigenvalue weighted by Gasteiger charge is -2.15. The molecule has 0 saturated carbocycles. The van der Waals surface area contributed by atoms with Crippen LogP contribution in [0.2, 0.25) is 0 Å². The van der Waals surface area contributed by atoms with Crippen molar-refractivity contribution in [1.29, 1.82) is 0 Å². The van der Waals surface area contributed by atoms with E-state index in [-0.39, 0.29) is 30.3 Å². The van der Waals surface area contributed by atoms with E-state index in [0.29, 0.717) is 5.75 Å². The lowest BCUT2D eigenvalue weighted by atomic mass is 10.2. The van der Waals surface area contributed by atoms with Crippen LogP contribution in [-0.4, -0.2) is 36.5 Å². The average Bonchev–Trinajstić information content (AvgIpc) is 3.02. The summed E-state index contributed by atoms with van der Waals surface area (Å²) in [6, 6.07) is 7.44. The minimum absolute atomic E-state index is 0.00926. The number of benzene rings is 1. The molecule has 1 atom stereocenters. The smallest absolute Gasteiger partial charge is 0.332 e. The number of anilines is 1. The third-order valence-corrected chi connectivity index (χ3v) is 4.33. The average molecular weight is 374 g/mol. The molecule has 0 amide bonds. The van der Waals surface area contributed by atoms with Gasteiger partial charge in [0.05, 0.1) is 6.54 Å². The maximum Gasteiger partial charge on any atom is 0.332 e. The third kappa shape index (κ3) is 3.44. The summed E-state index contributed by atoms with van der Waals surface area (Å²) >= 11 is 0. The first-order valence-electron chi connectivity index (χ1n) is 8.34. The maximum absolute atomic E-state index is 12.6. The number of aliphatic hydroxyl groups is 1. The Kier molecular flexibility index (Phi) is 5.02. The van der Waals surface area contributed by atoms with Gasteiger partial charge in [0, 0.05) is 14.1 Å². The molecular formula is C17H22N6O4. The van der Waals surface area contributed by atoms with Crippen molar-refractivity contribution in [3.8, 4) is 5.75 Å². The van der Waals surface area contributed by atoms with Crippen LogP contribution in [0.15, 0.2) is 33.9 Å². The van der Waals surface area contributed by atoms with Gasteiger partial charge in [0.2, 0.25) is 5.95 Å². The van der Waals surface area contributed by atoms with Crippen molar-refractivity contribution in [2.45, 2.75) is 19.6 Å². The van der Waals surface area contributed by atoms with Crippen molar-refractivity contribution in [2.75, 3.05) is 12.0 Å². The summed E-state index contributed by atoms with van der Waals surface area (Å²) in [5.41, 5.74) is 2.84. The van der Waals surface area contributed by atoms with Crippen LogP contribution in [0, 0.1) is 6.92 Å². The second-order valence-electron chi connectivity index (χ2n) is 6.35. The molecule has 0 unspecified atom stereocenters. The lowest BCUT2D eigenvalue weighted by molar-refractivity contribution is 0.0938. The molecule has 0 fully saturated rings. The topological polar surface area (TPSA) is 129 Å². The highest BCUT2D eigenvalue weighted by atomic mass is 16.5. The van der Waals surface area contributed by atoms with Crippen molar-refractivity contribution in [3.63, 3.8) is 0 Å². The van der Waals surface area contributed by atoms with Gasteiger partial charge in [0.1, 0.15) is 18.5 Å². The number of nitrogen functional groups attached to an aromatic ring is 1. The van der Waals surface area contributed by atoms with E-state index in [9.17, 15) is 14.7 Å². The van der Waals surface area contributed by atoms with E-state index in [2.05, 4.69) is 10.4 Å². The van der Waals surface area contributed by atoms with E-state index >= 15 is 0 Å². The Hall–Kier alpha value is -3.11. The summed E-state index contributed by atoms with van der Waals surface area (Å²) in [4.78, 5) is 28.8. The second-order valence-corrected chi connectivity index (χ2v) is 6.35. The predicted molar refractivity (Wildman–Crippen MR) is 101 cm³/mol. The van der Waals surface area contributed by atoms with Gasteiger partial charge in [-0.3, -0.25) is 19.4 Å². The molecule has 10 nitrogen and oxygen atoms in total. The van der Waals surface area contributed by atoms with Crippen LogP contribution in [0.1, 0.15) is 5.56 Å². The van der Waals surface area contributed by atoms with E-state index in [1.165, 1.54) is 23.2 Å². The van der Waals surface area contributed by atoms with Gasteiger partial charge in [0.25, 0.3) is 5.56 Å². The first-order valence-corrected chi connectivity index (χ1v) is 8.34. The Bertz CT molecular complexity index is 1080. The number of hydrazine groups is 1. The standard InChI is InChI=1S/C17H22N6O4/c1-10-4-6-12(7-5-10)27-9-11(24)8-23-13-14(19-16(23)20-18)21(2)17(26)22(3)15(13)25/h4-7,11,24H,8-9,18H2,1-3H3,(H,19,20)/t11-/m1/s1. The van der Waals surface area contributed by atoms with Crippen LogP contribution in [-0.2, 0) is 20.6 Å². The number of fused-ring (bicyclic) bond motifs is 1. The fraction of sp³-hybridized carbons (Fsp3) is 0.353. The van der Waals surface area contributed by atoms with Crippen LogP contribution < -0.4 is 27.3 Å². The lowest BCUT2D eigenvalue weighted by Crippen LogP contribution is -2.38. The molecule has 27 heavy (non-hydrogen) atoms. The third-order valence-electron chi connectivity index (χ3n) is 4.33. The normalized spacial score (nSPS) is 12.3. The van der Waals surface area contributed by atoms with Gasteiger partial charge >= 0.3 is 5.69 Å². The van der Waals surface area contributed by atoms with Gasteiger partial charge < -0.3 is 14.4 Å². The number of imidazole rings is 1. The van der Waals surface area contributed by atoms with Crippen LogP contribution >= 0.6 is 0 Å². The van der Waals surface area contributed by atoms with Crippen LogP contribution in [0.3, 0.4) is 0 Å². The molecule has 10 heteroatoms. The second kappa shape index (κ2) is 7.25. The summed E-state index contributed by atoms with van der Waals surface area (Å²) in [7, 11) is 2.90. The van der Waals surface area contributed by atoms with Crippen molar-refractivity contribution in [3.05, 3.63) is 50.7 Å². The monoisotopic (exact) mass is 374 g/mol. The van der Waals surface area contributed by atoms with Crippen molar-refractivity contribution >= 4 is 17.1 Å². The molecule has 0 aliphatic carbocycles. The van der Waals surface area contributed by atoms with Gasteiger partial charge in [-0.1, -0.05) is 17.7 Å². The molecule has 3 rings (SSSR count). The summed E-state index contributed by atoms with van der Waals surface area (Å²) in [6.45, 7) is 1.99. The Morgan fingerprint density at radius 2 is 1.89 bits per heavy atom. The maximum atomic E-state index is 12.6. The number of aromatic nitrogens is 4. The van der Waals surface area contributed by atoms with E-state index in [1.54, 1.807) is 0 Å². The van der Waals surface area contributed by atoms with Crippen LogP contribution in [0.4, 0.5) is 5.95 Å². The number of hydrogen-bond acceptors (Lipinski definition) is 7. The van der Waals surface area contributed by atoms with Gasteiger partial charge in [-0.05, 0) is 19.1 Å². The number of hydrogen-bond donors (Lipinski definition) is 3. The molecule has 0 aliphatic heterocycles. The number of ether oxygens (including phenoxy) is 1. The SMILES string of the molecule is Cc1ccc(OC[C@H](O)Cn2c(NN)nc3c2c(=O)n(C)c(=O)n3C)cc1. The zero-order valence-electron chi connectivity index (χ0n) is 15.3. The first kappa shape index (κ1) is 18.7. The Balaban J connectivity index is 1.90. The largest absolute Gasteiger partial charge is 0.491 e. The number of nitrogens with zero attached hydrogens (tertiary/aromatic N) is 4. The number of aliphatic hydroxyl groups excluding tert-OH is 1. The molecule has 0 saturated heterocycles. The van der Waals surface area contributed by atoms with Crippen molar-refractivity contribution < 1.29 is 9.84 Å². The van der Waals surface area contributed by atoms with Gasteiger partial charge in [0.15, 0.2) is 11.2 Å². The Labute approximate surface area is 154 Å². The minimum Gasteiger partial charge on any atom is -0.491 e. The van der Waals surface area contributed by atoms with Crippen molar-refractivity contribution in [1.82, 2.24) is 18.7 Å². The predicted octanol–water partition coefficient (Wildman–Crippen LogP) is -0.532. The van der Waals surface area contributed by atoms with E-state index in [0.717, 1.165) is 10.1 Å². The number of rotatable bonds is 6. The molecule has 0 bridgehead atoms. The molecule has 3 aromatic rings. The van der Waals surface area contributed by atoms with E-state index in [4.69, 9.17) is 10.6 Å².